The van der Waals surface area contributed by atoms with Crippen LogP contribution in [0.25, 0.3) is 0 Å². The minimum atomic E-state index is -0.170. The fourth-order valence-electron chi connectivity index (χ4n) is 2.43. The predicted molar refractivity (Wildman–Crippen MR) is 75.9 cm³/mol. The number of rotatable bonds is 2. The van der Waals surface area contributed by atoms with Gasteiger partial charge in [0.25, 0.3) is 0 Å². The Labute approximate surface area is 114 Å². The average Bonchev–Trinajstić information content (AvgIpc) is 2.40. The van der Waals surface area contributed by atoms with Gasteiger partial charge < -0.3 is 15.4 Å². The molecule has 4 heteroatoms. The van der Waals surface area contributed by atoms with Crippen LogP contribution in [0, 0.1) is 0 Å². The largest absolute Gasteiger partial charge is 0.399 e. The fourth-order valence-corrected chi connectivity index (χ4v) is 2.43. The van der Waals surface area contributed by atoms with Crippen LogP contribution < -0.4 is 5.73 Å². The number of nitrogen functional groups attached to an aromatic ring is 1. The zero-order valence-corrected chi connectivity index (χ0v) is 11.8. The van der Waals surface area contributed by atoms with E-state index in [4.69, 9.17) is 10.5 Å². The maximum absolute atomic E-state index is 12.6. The molecule has 19 heavy (non-hydrogen) atoms. The number of nitrogens with zero attached hydrogens (tertiary/aromatic N) is 1. The highest BCUT2D eigenvalue weighted by atomic mass is 16.5. The van der Waals surface area contributed by atoms with E-state index in [1.54, 1.807) is 0 Å². The first-order chi connectivity index (χ1) is 8.99. The summed E-state index contributed by atoms with van der Waals surface area (Å²) in [7, 11) is 0. The minimum absolute atomic E-state index is 0.105. The lowest BCUT2D eigenvalue weighted by molar-refractivity contribution is -0.144. The van der Waals surface area contributed by atoms with Crippen molar-refractivity contribution in [3.8, 4) is 0 Å². The van der Waals surface area contributed by atoms with Gasteiger partial charge in [-0.25, -0.2) is 0 Å². The molecule has 1 aromatic rings. The number of hydrogen-bond donors (Lipinski definition) is 1. The van der Waals surface area contributed by atoms with Crippen LogP contribution in [0.4, 0.5) is 5.69 Å². The minimum Gasteiger partial charge on any atom is -0.399 e. The molecule has 1 heterocycles. The second-order valence-electron chi connectivity index (χ2n) is 5.38. The van der Waals surface area contributed by atoms with Gasteiger partial charge in [0, 0.05) is 12.2 Å². The standard InChI is InChI=1S/C15H22N2O2/c1-10-9-19-11(2)8-17(10)15(18)12(3)13-5-4-6-14(16)7-13/h4-7,10-12H,8-9,16H2,1-3H3. The topological polar surface area (TPSA) is 55.6 Å². The second kappa shape index (κ2) is 5.61. The SMILES string of the molecule is CC1CN(C(=O)C(C)c2cccc(N)c2)C(C)CO1. The number of anilines is 1. The third-order valence-electron chi connectivity index (χ3n) is 3.67. The first-order valence-electron chi connectivity index (χ1n) is 6.76. The molecule has 0 saturated carbocycles. The summed E-state index contributed by atoms with van der Waals surface area (Å²) in [6, 6.07) is 7.68. The lowest BCUT2D eigenvalue weighted by atomic mass is 9.98. The first-order valence-corrected chi connectivity index (χ1v) is 6.76. The molecule has 2 N–H and O–H groups in total. The number of nitrogens with two attached hydrogens (primary N) is 1. The van der Waals surface area contributed by atoms with Crippen LogP contribution in [0.3, 0.4) is 0 Å². The van der Waals surface area contributed by atoms with Crippen molar-refractivity contribution in [1.29, 1.82) is 0 Å². The van der Waals surface area contributed by atoms with Gasteiger partial charge in [0.1, 0.15) is 0 Å². The van der Waals surface area contributed by atoms with Crippen LogP contribution >= 0.6 is 0 Å². The van der Waals surface area contributed by atoms with Crippen molar-refractivity contribution in [3.63, 3.8) is 0 Å². The van der Waals surface area contributed by atoms with Gasteiger partial charge in [-0.05, 0) is 38.5 Å². The lowest BCUT2D eigenvalue weighted by Crippen LogP contribution is -2.51. The molecule has 1 aliphatic heterocycles. The van der Waals surface area contributed by atoms with Crippen molar-refractivity contribution in [3.05, 3.63) is 29.8 Å². The highest BCUT2D eigenvalue weighted by Crippen LogP contribution is 2.23. The summed E-state index contributed by atoms with van der Waals surface area (Å²) >= 11 is 0. The molecule has 0 radical (unpaired) electrons. The highest BCUT2D eigenvalue weighted by molar-refractivity contribution is 5.84. The number of hydrogen-bond acceptors (Lipinski definition) is 3. The molecular formula is C15H22N2O2. The van der Waals surface area contributed by atoms with Crippen LogP contribution in [0.2, 0.25) is 0 Å². The van der Waals surface area contributed by atoms with Crippen LogP contribution in [0.1, 0.15) is 32.3 Å². The van der Waals surface area contributed by atoms with Gasteiger partial charge in [0.2, 0.25) is 5.91 Å². The number of benzene rings is 1. The Bertz CT molecular complexity index is 461. The first kappa shape index (κ1) is 13.9. The molecule has 1 amide bonds. The average molecular weight is 262 g/mol. The maximum Gasteiger partial charge on any atom is 0.230 e. The zero-order valence-electron chi connectivity index (χ0n) is 11.8. The van der Waals surface area contributed by atoms with Crippen LogP contribution in [-0.4, -0.2) is 36.1 Å². The Morgan fingerprint density at radius 3 is 2.89 bits per heavy atom. The highest BCUT2D eigenvalue weighted by Gasteiger charge is 2.30. The molecule has 3 atom stereocenters. The van der Waals surface area contributed by atoms with Gasteiger partial charge in [-0.3, -0.25) is 4.79 Å². The van der Waals surface area contributed by atoms with Crippen LogP contribution in [0.5, 0.6) is 0 Å². The summed E-state index contributed by atoms with van der Waals surface area (Å²) in [6.07, 6.45) is 0.105. The molecule has 3 unspecified atom stereocenters. The molecule has 1 aromatic carbocycles. The van der Waals surface area contributed by atoms with Crippen molar-refractivity contribution >= 4 is 11.6 Å². The predicted octanol–water partition coefficient (Wildman–Crippen LogP) is 2.01. The number of amides is 1. The Morgan fingerprint density at radius 2 is 2.21 bits per heavy atom. The van der Waals surface area contributed by atoms with Crippen molar-refractivity contribution in [1.82, 2.24) is 4.90 Å². The van der Waals surface area contributed by atoms with Crippen molar-refractivity contribution in [2.75, 3.05) is 18.9 Å². The van der Waals surface area contributed by atoms with E-state index in [2.05, 4.69) is 0 Å². The molecule has 0 spiro atoms. The summed E-state index contributed by atoms with van der Waals surface area (Å²) in [5.74, 6) is -0.0236. The van der Waals surface area contributed by atoms with E-state index in [-0.39, 0.29) is 24.0 Å². The van der Waals surface area contributed by atoms with E-state index in [1.807, 2.05) is 49.9 Å². The molecule has 2 rings (SSSR count). The summed E-state index contributed by atoms with van der Waals surface area (Å²) in [5.41, 5.74) is 7.44. The van der Waals surface area contributed by atoms with E-state index in [9.17, 15) is 4.79 Å². The van der Waals surface area contributed by atoms with Crippen molar-refractivity contribution in [2.45, 2.75) is 38.8 Å². The van der Waals surface area contributed by atoms with E-state index >= 15 is 0 Å². The Balaban J connectivity index is 2.14. The summed E-state index contributed by atoms with van der Waals surface area (Å²) in [4.78, 5) is 14.5. The summed E-state index contributed by atoms with van der Waals surface area (Å²) in [5, 5.41) is 0. The van der Waals surface area contributed by atoms with Gasteiger partial charge in [0.15, 0.2) is 0 Å². The molecular weight excluding hydrogens is 240 g/mol. The molecule has 1 aliphatic rings. The normalized spacial score (nSPS) is 25.1. The van der Waals surface area contributed by atoms with E-state index in [0.717, 1.165) is 5.56 Å². The van der Waals surface area contributed by atoms with Crippen molar-refractivity contribution in [2.24, 2.45) is 0 Å². The number of carbonyl (C=O) groups is 1. The third-order valence-corrected chi connectivity index (χ3v) is 3.67. The number of carbonyl (C=O) groups excluding carboxylic acids is 1. The smallest absolute Gasteiger partial charge is 0.230 e. The van der Waals surface area contributed by atoms with E-state index < -0.39 is 0 Å². The quantitative estimate of drug-likeness (QED) is 0.829. The molecule has 0 bridgehead atoms. The Morgan fingerprint density at radius 1 is 1.47 bits per heavy atom. The fraction of sp³-hybridized carbons (Fsp3) is 0.533. The molecule has 1 fully saturated rings. The van der Waals surface area contributed by atoms with Crippen LogP contribution in [-0.2, 0) is 9.53 Å². The number of ether oxygens (including phenoxy) is 1. The Kier molecular flexibility index (Phi) is 4.10. The molecule has 0 aromatic heterocycles. The van der Waals surface area contributed by atoms with E-state index in [1.165, 1.54) is 0 Å². The van der Waals surface area contributed by atoms with Crippen LogP contribution in [0.15, 0.2) is 24.3 Å². The number of morpholine rings is 1. The molecule has 4 nitrogen and oxygen atoms in total. The Hall–Kier alpha value is -1.55. The van der Waals surface area contributed by atoms with E-state index in [0.29, 0.717) is 18.8 Å². The molecule has 104 valence electrons. The molecule has 1 saturated heterocycles. The summed E-state index contributed by atoms with van der Waals surface area (Å²) < 4.78 is 5.56. The van der Waals surface area contributed by atoms with Gasteiger partial charge >= 0.3 is 0 Å². The molecule has 0 aliphatic carbocycles. The van der Waals surface area contributed by atoms with Gasteiger partial charge in [-0.15, -0.1) is 0 Å². The zero-order chi connectivity index (χ0) is 14.0. The van der Waals surface area contributed by atoms with Gasteiger partial charge in [-0.1, -0.05) is 12.1 Å². The van der Waals surface area contributed by atoms with Gasteiger partial charge in [-0.2, -0.15) is 0 Å². The summed E-state index contributed by atoms with van der Waals surface area (Å²) in [6.45, 7) is 7.22. The monoisotopic (exact) mass is 262 g/mol. The third kappa shape index (κ3) is 3.07. The maximum atomic E-state index is 12.6. The second-order valence-corrected chi connectivity index (χ2v) is 5.38. The lowest BCUT2D eigenvalue weighted by Gasteiger charge is -2.38. The van der Waals surface area contributed by atoms with Gasteiger partial charge in [0.05, 0.1) is 24.7 Å². The van der Waals surface area contributed by atoms with Crippen molar-refractivity contribution < 1.29 is 9.53 Å².